The molecule has 0 saturated carbocycles. The third-order valence-electron chi connectivity index (χ3n) is 5.36. The molecule has 0 radical (unpaired) electrons. The number of methoxy groups -OCH3 is 1. The number of benzene rings is 1. The van der Waals surface area contributed by atoms with E-state index in [0.717, 1.165) is 29.3 Å². The Balaban J connectivity index is 1.41. The first-order valence-electron chi connectivity index (χ1n) is 9.72. The summed E-state index contributed by atoms with van der Waals surface area (Å²) in [4.78, 5) is 17.9. The smallest absolute Gasteiger partial charge is 0.244 e. The van der Waals surface area contributed by atoms with Crippen LogP contribution in [-0.4, -0.2) is 53.9 Å². The van der Waals surface area contributed by atoms with Gasteiger partial charge < -0.3 is 14.5 Å². The Morgan fingerprint density at radius 1 is 1.13 bits per heavy atom. The Bertz CT molecular complexity index is 1110. The number of carbonyl (C=O) groups excluding carboxylic acids is 1. The van der Waals surface area contributed by atoms with E-state index in [1.54, 1.807) is 11.8 Å². The second kappa shape index (κ2) is 9.28. The quantitative estimate of drug-likeness (QED) is 0.482. The minimum atomic E-state index is 0.0198. The highest BCUT2D eigenvalue weighted by molar-refractivity contribution is 7.19. The van der Waals surface area contributed by atoms with Crippen LogP contribution in [0.3, 0.4) is 0 Å². The number of rotatable bonds is 5. The van der Waals surface area contributed by atoms with E-state index in [1.165, 1.54) is 11.3 Å². The van der Waals surface area contributed by atoms with Crippen molar-refractivity contribution < 1.29 is 9.53 Å². The second-order valence-electron chi connectivity index (χ2n) is 7.20. The molecule has 0 unspecified atom stereocenters. The van der Waals surface area contributed by atoms with Gasteiger partial charge in [0.15, 0.2) is 0 Å². The summed E-state index contributed by atoms with van der Waals surface area (Å²) >= 11 is 20.1. The number of ether oxygens (including phenoxy) is 1. The molecule has 0 spiro atoms. The minimum absolute atomic E-state index is 0.0198. The van der Waals surface area contributed by atoms with Crippen LogP contribution in [0.1, 0.15) is 5.69 Å². The second-order valence-corrected chi connectivity index (χ2v) is 9.70. The Morgan fingerprint density at radius 3 is 2.52 bits per heavy atom. The van der Waals surface area contributed by atoms with Gasteiger partial charge in [-0.3, -0.25) is 9.48 Å². The van der Waals surface area contributed by atoms with Crippen molar-refractivity contribution in [3.05, 3.63) is 50.4 Å². The van der Waals surface area contributed by atoms with Gasteiger partial charge in [-0.25, -0.2) is 0 Å². The summed E-state index contributed by atoms with van der Waals surface area (Å²) in [7, 11) is 1.60. The third-order valence-corrected chi connectivity index (χ3v) is 7.36. The number of aromatic nitrogens is 2. The predicted octanol–water partition coefficient (Wildman–Crippen LogP) is 5.24. The van der Waals surface area contributed by atoms with E-state index in [4.69, 9.17) is 39.5 Å². The zero-order valence-corrected chi connectivity index (χ0v) is 20.2. The average Bonchev–Trinajstić information content (AvgIpc) is 3.32. The number of carbonyl (C=O) groups is 1. The van der Waals surface area contributed by atoms with Gasteiger partial charge in [0.2, 0.25) is 5.91 Å². The molecule has 0 atom stereocenters. The van der Waals surface area contributed by atoms with Crippen LogP contribution >= 0.6 is 46.1 Å². The van der Waals surface area contributed by atoms with E-state index in [2.05, 4.69) is 10.00 Å². The van der Waals surface area contributed by atoms with E-state index >= 15 is 0 Å². The maximum absolute atomic E-state index is 12.9. The van der Waals surface area contributed by atoms with Crippen molar-refractivity contribution >= 4 is 57.7 Å². The molecule has 10 heteroatoms. The van der Waals surface area contributed by atoms with Gasteiger partial charge in [0.1, 0.15) is 18.0 Å². The standard InChI is InChI=1S/C21H21Cl3N4O2S/c1-13-20(24)21(17-5-6-18(23)31-17)25-28(13)12-19(29)27-9-7-26(8-10-27)14-3-4-15(22)16(11-14)30-2/h3-6,11H,7-10,12H2,1-2H3. The molecule has 1 fully saturated rings. The fraction of sp³-hybridized carbons (Fsp3) is 0.333. The summed E-state index contributed by atoms with van der Waals surface area (Å²) in [5.74, 6) is 0.665. The first-order valence-corrected chi connectivity index (χ1v) is 11.7. The van der Waals surface area contributed by atoms with Gasteiger partial charge in [-0.1, -0.05) is 34.8 Å². The number of halogens is 3. The Morgan fingerprint density at radius 2 is 1.87 bits per heavy atom. The highest BCUT2D eigenvalue weighted by Gasteiger charge is 2.24. The number of amides is 1. The van der Waals surface area contributed by atoms with Crippen molar-refractivity contribution in [2.45, 2.75) is 13.5 Å². The summed E-state index contributed by atoms with van der Waals surface area (Å²) in [5, 5.41) is 5.70. The van der Waals surface area contributed by atoms with Crippen molar-refractivity contribution in [1.82, 2.24) is 14.7 Å². The van der Waals surface area contributed by atoms with E-state index in [1.807, 2.05) is 42.2 Å². The van der Waals surface area contributed by atoms with E-state index < -0.39 is 0 Å². The van der Waals surface area contributed by atoms with Gasteiger partial charge in [-0.15, -0.1) is 11.3 Å². The van der Waals surface area contributed by atoms with Crippen LogP contribution in [0.15, 0.2) is 30.3 Å². The fourth-order valence-electron chi connectivity index (χ4n) is 3.56. The molecule has 164 valence electrons. The summed E-state index contributed by atoms with van der Waals surface area (Å²) < 4.78 is 7.65. The number of thiophene rings is 1. The molecule has 2 aromatic heterocycles. The zero-order chi connectivity index (χ0) is 22.1. The van der Waals surface area contributed by atoms with Crippen molar-refractivity contribution in [3.63, 3.8) is 0 Å². The van der Waals surface area contributed by atoms with Crippen LogP contribution in [0, 0.1) is 6.92 Å². The van der Waals surface area contributed by atoms with Gasteiger partial charge in [0.05, 0.1) is 32.1 Å². The topological polar surface area (TPSA) is 50.6 Å². The molecule has 6 nitrogen and oxygen atoms in total. The lowest BCUT2D eigenvalue weighted by molar-refractivity contribution is -0.132. The molecule has 1 aromatic carbocycles. The largest absolute Gasteiger partial charge is 0.495 e. The molecule has 4 rings (SSSR count). The third kappa shape index (κ3) is 4.65. The monoisotopic (exact) mass is 498 g/mol. The van der Waals surface area contributed by atoms with Crippen molar-refractivity contribution in [1.29, 1.82) is 0 Å². The van der Waals surface area contributed by atoms with E-state index in [-0.39, 0.29) is 12.5 Å². The number of piperazine rings is 1. The lowest BCUT2D eigenvalue weighted by atomic mass is 10.2. The summed E-state index contributed by atoms with van der Waals surface area (Å²) in [6.07, 6.45) is 0. The van der Waals surface area contributed by atoms with Gasteiger partial charge in [-0.2, -0.15) is 5.10 Å². The van der Waals surface area contributed by atoms with E-state index in [0.29, 0.717) is 38.9 Å². The summed E-state index contributed by atoms with van der Waals surface area (Å²) in [6, 6.07) is 9.42. The van der Waals surface area contributed by atoms with Gasteiger partial charge in [0, 0.05) is 37.9 Å². The molecule has 1 saturated heterocycles. The average molecular weight is 500 g/mol. The summed E-state index contributed by atoms with van der Waals surface area (Å²) in [5.41, 5.74) is 2.45. The Labute approximate surface area is 199 Å². The van der Waals surface area contributed by atoms with Gasteiger partial charge in [0.25, 0.3) is 0 Å². The molecule has 31 heavy (non-hydrogen) atoms. The SMILES string of the molecule is COc1cc(N2CCN(C(=O)Cn3nc(-c4ccc(Cl)s4)c(Cl)c3C)CC2)ccc1Cl. The van der Waals surface area contributed by atoms with Crippen LogP contribution in [0.4, 0.5) is 5.69 Å². The molecule has 0 bridgehead atoms. The first-order chi connectivity index (χ1) is 14.9. The minimum Gasteiger partial charge on any atom is -0.495 e. The van der Waals surface area contributed by atoms with Crippen LogP contribution in [0.25, 0.3) is 10.6 Å². The number of nitrogens with zero attached hydrogens (tertiary/aromatic N) is 4. The molecular formula is C21H21Cl3N4O2S. The van der Waals surface area contributed by atoms with Crippen LogP contribution in [0.2, 0.25) is 14.4 Å². The molecule has 1 amide bonds. The lowest BCUT2D eigenvalue weighted by Crippen LogP contribution is -2.49. The van der Waals surface area contributed by atoms with Crippen molar-refractivity contribution in [2.24, 2.45) is 0 Å². The number of anilines is 1. The number of hydrogen-bond acceptors (Lipinski definition) is 5. The molecule has 1 aliphatic heterocycles. The predicted molar refractivity (Wildman–Crippen MR) is 127 cm³/mol. The van der Waals surface area contributed by atoms with Gasteiger partial charge >= 0.3 is 0 Å². The van der Waals surface area contributed by atoms with Crippen LogP contribution in [-0.2, 0) is 11.3 Å². The maximum Gasteiger partial charge on any atom is 0.244 e. The molecule has 3 aromatic rings. The van der Waals surface area contributed by atoms with E-state index in [9.17, 15) is 4.79 Å². The van der Waals surface area contributed by atoms with Crippen LogP contribution in [0.5, 0.6) is 5.75 Å². The zero-order valence-electron chi connectivity index (χ0n) is 17.1. The maximum atomic E-state index is 12.9. The molecule has 0 N–H and O–H groups in total. The van der Waals surface area contributed by atoms with Crippen molar-refractivity contribution in [3.8, 4) is 16.3 Å². The Hall–Kier alpha value is -1.93. The highest BCUT2D eigenvalue weighted by atomic mass is 35.5. The molecule has 3 heterocycles. The fourth-order valence-corrected chi connectivity index (χ4v) is 5.09. The summed E-state index contributed by atoms with van der Waals surface area (Å²) in [6.45, 7) is 4.74. The lowest BCUT2D eigenvalue weighted by Gasteiger charge is -2.36. The molecular weight excluding hydrogens is 479 g/mol. The first kappa shape index (κ1) is 22.3. The normalized spacial score (nSPS) is 14.2. The molecule has 1 aliphatic rings. The van der Waals surface area contributed by atoms with Crippen LogP contribution < -0.4 is 9.64 Å². The van der Waals surface area contributed by atoms with Crippen molar-refractivity contribution in [2.75, 3.05) is 38.2 Å². The molecule has 0 aliphatic carbocycles. The highest BCUT2D eigenvalue weighted by Crippen LogP contribution is 2.36. The number of hydrogen-bond donors (Lipinski definition) is 0. The Kier molecular flexibility index (Phi) is 6.67. The van der Waals surface area contributed by atoms with Gasteiger partial charge in [-0.05, 0) is 31.2 Å².